The van der Waals surface area contributed by atoms with Gasteiger partial charge in [0, 0.05) is 18.7 Å². The molecule has 178 valence electrons. The van der Waals surface area contributed by atoms with E-state index in [2.05, 4.69) is 58.3 Å². The molecule has 0 aliphatic rings. The molecule has 0 fully saturated rings. The average Bonchev–Trinajstić information content (AvgIpc) is 3.23. The van der Waals surface area contributed by atoms with Crippen molar-refractivity contribution in [2.24, 2.45) is 5.92 Å². The molecule has 0 spiro atoms. The lowest BCUT2D eigenvalue weighted by molar-refractivity contribution is 0.106. The Morgan fingerprint density at radius 3 is 2.59 bits per heavy atom. The van der Waals surface area contributed by atoms with Gasteiger partial charge in [-0.1, -0.05) is 55.8 Å². The molecule has 0 saturated heterocycles. The van der Waals surface area contributed by atoms with Crippen molar-refractivity contribution in [3.05, 3.63) is 87.0 Å². The summed E-state index contributed by atoms with van der Waals surface area (Å²) in [6, 6.07) is 16.0. The fraction of sp³-hybridized carbons (Fsp3) is 0.385. The van der Waals surface area contributed by atoms with Crippen LogP contribution < -0.4 is 5.56 Å². The first-order chi connectivity index (χ1) is 16.4. The van der Waals surface area contributed by atoms with Crippen LogP contribution in [0.1, 0.15) is 48.0 Å². The van der Waals surface area contributed by atoms with Gasteiger partial charge in [0.25, 0.3) is 5.56 Å². The van der Waals surface area contributed by atoms with Gasteiger partial charge in [0.2, 0.25) is 0 Å². The van der Waals surface area contributed by atoms with E-state index >= 15 is 0 Å². The van der Waals surface area contributed by atoms with Crippen molar-refractivity contribution in [3.63, 3.8) is 0 Å². The number of aliphatic hydroxyl groups is 1. The molecule has 2 N–H and O–H groups in total. The molecule has 4 rings (SSSR count). The Balaban J connectivity index is 1.70. The maximum atomic E-state index is 13.0. The van der Waals surface area contributed by atoms with Gasteiger partial charge < -0.3 is 10.1 Å². The van der Waals surface area contributed by atoms with E-state index in [-0.39, 0.29) is 24.1 Å². The van der Waals surface area contributed by atoms with Crippen LogP contribution in [0.3, 0.4) is 0 Å². The van der Waals surface area contributed by atoms with Crippen LogP contribution in [-0.4, -0.2) is 48.3 Å². The summed E-state index contributed by atoms with van der Waals surface area (Å²) in [6.07, 6.45) is 0. The summed E-state index contributed by atoms with van der Waals surface area (Å²) in [5.74, 6) is 0.868. The molecular weight excluding hydrogens is 428 g/mol. The van der Waals surface area contributed by atoms with Crippen LogP contribution in [0.25, 0.3) is 10.9 Å². The molecule has 2 heterocycles. The molecule has 0 saturated carbocycles. The summed E-state index contributed by atoms with van der Waals surface area (Å²) in [4.78, 5) is 18.2. The number of aryl methyl sites for hydroxylation is 2. The van der Waals surface area contributed by atoms with Crippen molar-refractivity contribution in [1.82, 2.24) is 30.1 Å². The van der Waals surface area contributed by atoms with Gasteiger partial charge in [-0.05, 0) is 58.8 Å². The number of hydrogen-bond donors (Lipinski definition) is 2. The van der Waals surface area contributed by atoms with E-state index in [0.29, 0.717) is 25.2 Å². The number of nitrogens with zero attached hydrogens (tertiary/aromatic N) is 5. The fourth-order valence-electron chi connectivity index (χ4n) is 4.69. The molecule has 8 nitrogen and oxygen atoms in total. The van der Waals surface area contributed by atoms with E-state index < -0.39 is 0 Å². The first kappa shape index (κ1) is 23.8. The molecule has 2 aromatic carbocycles. The van der Waals surface area contributed by atoms with Gasteiger partial charge in [-0.2, -0.15) is 0 Å². The first-order valence-electron chi connectivity index (χ1n) is 11.7. The Morgan fingerprint density at radius 2 is 1.88 bits per heavy atom. The van der Waals surface area contributed by atoms with Crippen LogP contribution in [-0.2, 0) is 13.1 Å². The van der Waals surface area contributed by atoms with Crippen LogP contribution in [0.5, 0.6) is 0 Å². The van der Waals surface area contributed by atoms with Crippen molar-refractivity contribution in [2.45, 2.75) is 46.8 Å². The van der Waals surface area contributed by atoms with Gasteiger partial charge >= 0.3 is 0 Å². The maximum absolute atomic E-state index is 13.0. The number of pyridine rings is 1. The summed E-state index contributed by atoms with van der Waals surface area (Å²) in [6.45, 7) is 9.55. The normalized spacial score (nSPS) is 12.7. The largest absolute Gasteiger partial charge is 0.395 e. The standard InChI is InChI=1S/C26H32N6O2/c1-17(2)24(25-28-29-30-32(25)15-20-8-6-5-7-9-20)31(10-11-33)16-22-14-21-13-18(3)12-19(4)23(21)27-26(22)34/h5-9,12-14,17,24,33H,10-11,15-16H2,1-4H3,(H,27,34). The van der Waals surface area contributed by atoms with Gasteiger partial charge in [0.05, 0.1) is 24.7 Å². The summed E-state index contributed by atoms with van der Waals surface area (Å²) >= 11 is 0. The minimum absolute atomic E-state index is 0.0346. The van der Waals surface area contributed by atoms with E-state index in [4.69, 9.17) is 0 Å². The fourth-order valence-corrected chi connectivity index (χ4v) is 4.69. The summed E-state index contributed by atoms with van der Waals surface area (Å²) in [7, 11) is 0. The summed E-state index contributed by atoms with van der Waals surface area (Å²) in [5.41, 5.74) is 4.69. The molecule has 8 heteroatoms. The van der Waals surface area contributed by atoms with E-state index in [9.17, 15) is 9.90 Å². The lowest BCUT2D eigenvalue weighted by Gasteiger charge is -2.33. The highest BCUT2D eigenvalue weighted by Crippen LogP contribution is 2.29. The third-order valence-corrected chi connectivity index (χ3v) is 6.16. The third-order valence-electron chi connectivity index (χ3n) is 6.16. The van der Waals surface area contributed by atoms with E-state index in [0.717, 1.165) is 33.4 Å². The Hall–Kier alpha value is -3.36. The summed E-state index contributed by atoms with van der Waals surface area (Å²) < 4.78 is 1.81. The molecule has 1 unspecified atom stereocenters. The van der Waals surface area contributed by atoms with Crippen molar-refractivity contribution >= 4 is 10.9 Å². The van der Waals surface area contributed by atoms with Crippen molar-refractivity contribution in [3.8, 4) is 0 Å². The predicted octanol–water partition coefficient (Wildman–Crippen LogP) is 3.37. The second kappa shape index (κ2) is 10.3. The average molecular weight is 461 g/mol. The van der Waals surface area contributed by atoms with Crippen molar-refractivity contribution < 1.29 is 5.11 Å². The minimum Gasteiger partial charge on any atom is -0.395 e. The van der Waals surface area contributed by atoms with Gasteiger partial charge in [-0.3, -0.25) is 9.69 Å². The molecule has 0 aliphatic heterocycles. The maximum Gasteiger partial charge on any atom is 0.252 e. The number of fused-ring (bicyclic) bond motifs is 1. The molecule has 0 amide bonds. The zero-order chi connectivity index (χ0) is 24.2. The van der Waals surface area contributed by atoms with Crippen LogP contribution in [0.15, 0.2) is 53.3 Å². The Bertz CT molecular complexity index is 1310. The lowest BCUT2D eigenvalue weighted by atomic mass is 10.00. The summed E-state index contributed by atoms with van der Waals surface area (Å²) in [5, 5.41) is 23.4. The Labute approximate surface area is 199 Å². The number of rotatable bonds is 9. The highest BCUT2D eigenvalue weighted by molar-refractivity contribution is 5.82. The highest BCUT2D eigenvalue weighted by atomic mass is 16.3. The van der Waals surface area contributed by atoms with Crippen molar-refractivity contribution in [2.75, 3.05) is 13.2 Å². The quantitative estimate of drug-likeness (QED) is 0.397. The molecular formula is C26H32N6O2. The molecule has 1 atom stereocenters. The number of aliphatic hydroxyl groups excluding tert-OH is 1. The zero-order valence-electron chi connectivity index (χ0n) is 20.2. The molecule has 2 aromatic heterocycles. The molecule has 0 bridgehead atoms. The van der Waals surface area contributed by atoms with Crippen LogP contribution in [0.2, 0.25) is 0 Å². The zero-order valence-corrected chi connectivity index (χ0v) is 20.2. The first-order valence-corrected chi connectivity index (χ1v) is 11.7. The second-order valence-electron chi connectivity index (χ2n) is 9.23. The van der Waals surface area contributed by atoms with Gasteiger partial charge in [0.1, 0.15) is 0 Å². The number of H-pyrrole nitrogens is 1. The van der Waals surface area contributed by atoms with Crippen LogP contribution in [0.4, 0.5) is 0 Å². The second-order valence-corrected chi connectivity index (χ2v) is 9.23. The smallest absolute Gasteiger partial charge is 0.252 e. The van der Waals surface area contributed by atoms with E-state index in [1.807, 2.05) is 48.0 Å². The predicted molar refractivity (Wildman–Crippen MR) is 132 cm³/mol. The third kappa shape index (κ3) is 5.08. The lowest BCUT2D eigenvalue weighted by Crippen LogP contribution is -2.37. The number of aromatic amines is 1. The molecule has 34 heavy (non-hydrogen) atoms. The molecule has 0 radical (unpaired) electrons. The monoisotopic (exact) mass is 460 g/mol. The number of hydrogen-bond acceptors (Lipinski definition) is 6. The van der Waals surface area contributed by atoms with Gasteiger partial charge in [-0.15, -0.1) is 5.10 Å². The van der Waals surface area contributed by atoms with E-state index in [1.165, 1.54) is 0 Å². The SMILES string of the molecule is Cc1cc(C)c2[nH]c(=O)c(CN(CCO)C(c3nnnn3Cc3ccccc3)C(C)C)cc2c1. The Kier molecular flexibility index (Phi) is 7.19. The Morgan fingerprint density at radius 1 is 1.12 bits per heavy atom. The van der Waals surface area contributed by atoms with Gasteiger partial charge in [-0.25, -0.2) is 4.68 Å². The molecule has 0 aliphatic carbocycles. The topological polar surface area (TPSA) is 99.9 Å². The number of aromatic nitrogens is 5. The van der Waals surface area contributed by atoms with E-state index in [1.54, 1.807) is 0 Å². The number of benzene rings is 2. The van der Waals surface area contributed by atoms with Crippen molar-refractivity contribution in [1.29, 1.82) is 0 Å². The minimum atomic E-state index is -0.180. The van der Waals surface area contributed by atoms with Gasteiger partial charge in [0.15, 0.2) is 5.82 Å². The number of tetrazole rings is 1. The van der Waals surface area contributed by atoms with Crippen LogP contribution >= 0.6 is 0 Å². The molecule has 4 aromatic rings. The van der Waals surface area contributed by atoms with Crippen LogP contribution in [0, 0.1) is 19.8 Å². The highest BCUT2D eigenvalue weighted by Gasteiger charge is 2.29. The number of nitrogens with one attached hydrogen (secondary N) is 1.